The summed E-state index contributed by atoms with van der Waals surface area (Å²) in [6.45, 7) is 1.31. The number of likely N-dealkylation sites (tertiary alicyclic amines) is 1. The lowest BCUT2D eigenvalue weighted by Crippen LogP contribution is -2.44. The van der Waals surface area contributed by atoms with Crippen LogP contribution >= 0.6 is 0 Å². The maximum Gasteiger partial charge on any atom is 0.230 e. The smallest absolute Gasteiger partial charge is 0.230 e. The molecule has 1 aromatic rings. The number of carbonyl (C=O) groups is 1. The minimum Gasteiger partial charge on any atom is -0.391 e. The molecule has 2 aliphatic rings. The van der Waals surface area contributed by atoms with Crippen LogP contribution in [0.5, 0.6) is 0 Å². The molecule has 1 aliphatic carbocycles. The maximum atomic E-state index is 12.7. The van der Waals surface area contributed by atoms with E-state index in [0.717, 1.165) is 38.6 Å². The number of benzene rings is 1. The Labute approximate surface area is 114 Å². The van der Waals surface area contributed by atoms with Gasteiger partial charge in [0.25, 0.3) is 0 Å². The third-order valence-corrected chi connectivity index (χ3v) is 4.38. The molecule has 3 heteroatoms. The van der Waals surface area contributed by atoms with E-state index in [2.05, 4.69) is 18.2 Å². The first-order valence-corrected chi connectivity index (χ1v) is 7.30. The van der Waals surface area contributed by atoms with Crippen molar-refractivity contribution in [2.45, 2.75) is 44.1 Å². The lowest BCUT2D eigenvalue weighted by Gasteiger charge is -2.34. The predicted molar refractivity (Wildman–Crippen MR) is 73.9 cm³/mol. The Balaban J connectivity index is 1.81. The highest BCUT2D eigenvalue weighted by Crippen LogP contribution is 2.33. The highest BCUT2D eigenvalue weighted by molar-refractivity contribution is 5.84. The Hall–Kier alpha value is -1.35. The number of aryl methyl sites for hydroxylation is 1. The zero-order valence-corrected chi connectivity index (χ0v) is 11.2. The molecule has 1 fully saturated rings. The van der Waals surface area contributed by atoms with Crippen LogP contribution in [0.4, 0.5) is 0 Å². The van der Waals surface area contributed by atoms with Gasteiger partial charge in [0, 0.05) is 13.1 Å². The van der Waals surface area contributed by atoms with E-state index in [-0.39, 0.29) is 17.9 Å². The summed E-state index contributed by atoms with van der Waals surface area (Å²) >= 11 is 0. The summed E-state index contributed by atoms with van der Waals surface area (Å²) < 4.78 is 0. The monoisotopic (exact) mass is 259 g/mol. The highest BCUT2D eigenvalue weighted by Gasteiger charge is 2.31. The van der Waals surface area contributed by atoms with Gasteiger partial charge in [-0.2, -0.15) is 0 Å². The average Bonchev–Trinajstić information content (AvgIpc) is 2.46. The van der Waals surface area contributed by atoms with Gasteiger partial charge in [0.15, 0.2) is 0 Å². The molecule has 0 radical (unpaired) electrons. The van der Waals surface area contributed by atoms with E-state index in [0.29, 0.717) is 6.54 Å². The molecule has 1 saturated heterocycles. The van der Waals surface area contributed by atoms with Gasteiger partial charge in [-0.05, 0) is 43.2 Å². The number of nitrogens with zero attached hydrogens (tertiary/aromatic N) is 1. The molecule has 3 rings (SSSR count). The summed E-state index contributed by atoms with van der Waals surface area (Å²) in [6.07, 6.45) is 4.53. The quantitative estimate of drug-likeness (QED) is 0.839. The van der Waals surface area contributed by atoms with E-state index >= 15 is 0 Å². The Morgan fingerprint density at radius 1 is 1.21 bits per heavy atom. The van der Waals surface area contributed by atoms with Crippen molar-refractivity contribution in [2.24, 2.45) is 0 Å². The number of rotatable bonds is 1. The van der Waals surface area contributed by atoms with Crippen LogP contribution in [0.25, 0.3) is 0 Å². The summed E-state index contributed by atoms with van der Waals surface area (Å²) in [5.41, 5.74) is 2.53. The SMILES string of the molecule is O=C(C1CCCc2ccccc21)N1CCCC(O)C1. The van der Waals surface area contributed by atoms with Crippen LogP contribution in [-0.4, -0.2) is 35.1 Å². The van der Waals surface area contributed by atoms with Gasteiger partial charge in [0.1, 0.15) is 0 Å². The third-order valence-electron chi connectivity index (χ3n) is 4.38. The number of β-amino-alcohol motifs (C(OH)–C–C–N with tert-alkyl or cyclic N) is 1. The molecule has 0 saturated carbocycles. The summed E-state index contributed by atoms with van der Waals surface area (Å²) in [4.78, 5) is 14.5. The maximum absolute atomic E-state index is 12.7. The van der Waals surface area contributed by atoms with Crippen LogP contribution in [-0.2, 0) is 11.2 Å². The first-order chi connectivity index (χ1) is 9.25. The molecule has 1 N–H and O–H groups in total. The fourth-order valence-electron chi connectivity index (χ4n) is 3.39. The average molecular weight is 259 g/mol. The molecule has 1 aromatic carbocycles. The molecule has 0 bridgehead atoms. The number of carbonyl (C=O) groups excluding carboxylic acids is 1. The van der Waals surface area contributed by atoms with Crippen molar-refractivity contribution in [3.63, 3.8) is 0 Å². The molecule has 2 atom stereocenters. The summed E-state index contributed by atoms with van der Waals surface area (Å²) in [7, 11) is 0. The highest BCUT2D eigenvalue weighted by atomic mass is 16.3. The van der Waals surface area contributed by atoms with Gasteiger partial charge in [-0.3, -0.25) is 4.79 Å². The zero-order chi connectivity index (χ0) is 13.2. The summed E-state index contributed by atoms with van der Waals surface area (Å²) in [5, 5.41) is 9.73. The zero-order valence-electron chi connectivity index (χ0n) is 11.2. The first kappa shape index (κ1) is 12.7. The van der Waals surface area contributed by atoms with Crippen LogP contribution in [0.2, 0.25) is 0 Å². The van der Waals surface area contributed by atoms with E-state index in [9.17, 15) is 9.90 Å². The van der Waals surface area contributed by atoms with Gasteiger partial charge >= 0.3 is 0 Å². The van der Waals surface area contributed by atoms with Crippen LogP contribution in [0.1, 0.15) is 42.7 Å². The second-order valence-electron chi connectivity index (χ2n) is 5.72. The third kappa shape index (κ3) is 2.52. The van der Waals surface area contributed by atoms with E-state index in [1.807, 2.05) is 11.0 Å². The van der Waals surface area contributed by atoms with Crippen molar-refractivity contribution in [3.05, 3.63) is 35.4 Å². The van der Waals surface area contributed by atoms with Gasteiger partial charge in [0.2, 0.25) is 5.91 Å². The van der Waals surface area contributed by atoms with Crippen molar-refractivity contribution < 1.29 is 9.90 Å². The fraction of sp³-hybridized carbons (Fsp3) is 0.562. The van der Waals surface area contributed by atoms with Gasteiger partial charge in [-0.25, -0.2) is 0 Å². The minimum absolute atomic E-state index is 0.00949. The minimum atomic E-state index is -0.337. The largest absolute Gasteiger partial charge is 0.391 e. The Morgan fingerprint density at radius 2 is 2.05 bits per heavy atom. The van der Waals surface area contributed by atoms with E-state index in [4.69, 9.17) is 0 Å². The van der Waals surface area contributed by atoms with Crippen LogP contribution in [0, 0.1) is 0 Å². The second kappa shape index (κ2) is 5.33. The number of fused-ring (bicyclic) bond motifs is 1. The molecular formula is C16H21NO2. The van der Waals surface area contributed by atoms with Crippen LogP contribution < -0.4 is 0 Å². The molecule has 0 spiro atoms. The fourth-order valence-corrected chi connectivity index (χ4v) is 3.39. The molecule has 1 amide bonds. The second-order valence-corrected chi connectivity index (χ2v) is 5.72. The van der Waals surface area contributed by atoms with E-state index in [1.54, 1.807) is 0 Å². The normalized spacial score (nSPS) is 26.9. The molecule has 2 unspecified atom stereocenters. The van der Waals surface area contributed by atoms with Crippen molar-refractivity contribution >= 4 is 5.91 Å². The van der Waals surface area contributed by atoms with Crippen molar-refractivity contribution in [1.82, 2.24) is 4.90 Å². The Bertz CT molecular complexity index is 472. The Morgan fingerprint density at radius 3 is 2.89 bits per heavy atom. The molecule has 102 valence electrons. The van der Waals surface area contributed by atoms with Crippen molar-refractivity contribution in [2.75, 3.05) is 13.1 Å². The van der Waals surface area contributed by atoms with E-state index in [1.165, 1.54) is 11.1 Å². The van der Waals surface area contributed by atoms with Crippen molar-refractivity contribution in [1.29, 1.82) is 0 Å². The molecule has 19 heavy (non-hydrogen) atoms. The van der Waals surface area contributed by atoms with Crippen LogP contribution in [0.15, 0.2) is 24.3 Å². The summed E-state index contributed by atoms with van der Waals surface area (Å²) in [5.74, 6) is 0.223. The number of hydrogen-bond acceptors (Lipinski definition) is 2. The van der Waals surface area contributed by atoms with Gasteiger partial charge in [-0.15, -0.1) is 0 Å². The van der Waals surface area contributed by atoms with E-state index < -0.39 is 0 Å². The number of aliphatic hydroxyl groups excluding tert-OH is 1. The first-order valence-electron chi connectivity index (χ1n) is 7.30. The van der Waals surface area contributed by atoms with Gasteiger partial charge in [-0.1, -0.05) is 24.3 Å². The molecule has 3 nitrogen and oxygen atoms in total. The van der Waals surface area contributed by atoms with Gasteiger partial charge in [0.05, 0.1) is 12.0 Å². The topological polar surface area (TPSA) is 40.5 Å². The standard InChI is InChI=1S/C16H21NO2/c18-13-7-4-10-17(11-13)16(19)15-9-3-6-12-5-1-2-8-14(12)15/h1-2,5,8,13,15,18H,3-4,6-7,9-11H2. The number of hydrogen-bond donors (Lipinski definition) is 1. The predicted octanol–water partition coefficient (Wildman–Crippen LogP) is 2.09. The molecule has 0 aromatic heterocycles. The summed E-state index contributed by atoms with van der Waals surface area (Å²) in [6, 6.07) is 8.31. The number of piperidine rings is 1. The molecule has 1 heterocycles. The van der Waals surface area contributed by atoms with Gasteiger partial charge < -0.3 is 10.0 Å². The number of aliphatic hydroxyl groups is 1. The van der Waals surface area contributed by atoms with Crippen LogP contribution in [0.3, 0.4) is 0 Å². The molecule has 1 aliphatic heterocycles. The van der Waals surface area contributed by atoms with Crippen molar-refractivity contribution in [3.8, 4) is 0 Å². The molecular weight excluding hydrogens is 238 g/mol. The number of amides is 1. The lowest BCUT2D eigenvalue weighted by atomic mass is 9.82. The Kier molecular flexibility index (Phi) is 3.56. The lowest BCUT2D eigenvalue weighted by molar-refractivity contribution is -0.136.